The molecular formula is C16H32N2O2S2. The van der Waals surface area contributed by atoms with Crippen LogP contribution in [0.4, 0.5) is 0 Å². The zero-order valence-corrected chi connectivity index (χ0v) is 15.8. The molecule has 0 aromatic carbocycles. The standard InChI is InChI=1S/C16H32N2O2S2/c1-3-4-13-21-22-14-9-7-5-6-8-12-18-16(20)11-10-15(19)17-2/h3-14H2,1-2H3,(H,17,19)(H,18,20). The average molecular weight is 349 g/mol. The van der Waals surface area contributed by atoms with E-state index in [2.05, 4.69) is 17.6 Å². The quantitative estimate of drug-likeness (QED) is 0.349. The van der Waals surface area contributed by atoms with Crippen LogP contribution in [0.2, 0.25) is 0 Å². The highest BCUT2D eigenvalue weighted by atomic mass is 33.1. The first-order valence-electron chi connectivity index (χ1n) is 8.42. The third-order valence-corrected chi connectivity index (χ3v) is 5.83. The minimum Gasteiger partial charge on any atom is -0.359 e. The molecule has 0 rings (SSSR count). The Hall–Kier alpha value is -0.360. The van der Waals surface area contributed by atoms with Crippen LogP contribution in [-0.2, 0) is 9.59 Å². The number of hydrogen-bond donors (Lipinski definition) is 2. The molecule has 6 heteroatoms. The third-order valence-electron chi connectivity index (χ3n) is 3.25. The number of nitrogens with one attached hydrogen (secondary N) is 2. The summed E-state index contributed by atoms with van der Waals surface area (Å²) < 4.78 is 0. The van der Waals surface area contributed by atoms with Crippen LogP contribution < -0.4 is 10.6 Å². The number of hydrogen-bond acceptors (Lipinski definition) is 4. The maximum atomic E-state index is 11.4. The van der Waals surface area contributed by atoms with Gasteiger partial charge in [-0.15, -0.1) is 0 Å². The van der Waals surface area contributed by atoms with Crippen molar-refractivity contribution in [2.24, 2.45) is 0 Å². The summed E-state index contributed by atoms with van der Waals surface area (Å²) in [7, 11) is 5.59. The van der Waals surface area contributed by atoms with E-state index in [9.17, 15) is 9.59 Å². The molecule has 0 spiro atoms. The summed E-state index contributed by atoms with van der Waals surface area (Å²) in [5.74, 6) is 2.43. The maximum absolute atomic E-state index is 11.4. The summed E-state index contributed by atoms with van der Waals surface area (Å²) >= 11 is 0. The minimum atomic E-state index is -0.0825. The Balaban J connectivity index is 3.16. The molecule has 0 aliphatic heterocycles. The summed E-state index contributed by atoms with van der Waals surface area (Å²) in [5.41, 5.74) is 0. The summed E-state index contributed by atoms with van der Waals surface area (Å²) in [6.45, 7) is 2.96. The van der Waals surface area contributed by atoms with Crippen molar-refractivity contribution >= 4 is 33.4 Å². The maximum Gasteiger partial charge on any atom is 0.220 e. The smallest absolute Gasteiger partial charge is 0.220 e. The molecule has 0 fully saturated rings. The van der Waals surface area contributed by atoms with Crippen LogP contribution in [-0.4, -0.2) is 36.9 Å². The van der Waals surface area contributed by atoms with E-state index < -0.39 is 0 Å². The molecule has 22 heavy (non-hydrogen) atoms. The van der Waals surface area contributed by atoms with Gasteiger partial charge in [0, 0.05) is 37.9 Å². The summed E-state index contributed by atoms with van der Waals surface area (Å²) in [4.78, 5) is 22.4. The van der Waals surface area contributed by atoms with Gasteiger partial charge in [0.1, 0.15) is 0 Å². The lowest BCUT2D eigenvalue weighted by molar-refractivity contribution is -0.126. The second-order valence-electron chi connectivity index (χ2n) is 5.29. The Morgan fingerprint density at radius 1 is 0.818 bits per heavy atom. The molecule has 130 valence electrons. The van der Waals surface area contributed by atoms with E-state index in [-0.39, 0.29) is 24.7 Å². The van der Waals surface area contributed by atoms with E-state index in [4.69, 9.17) is 0 Å². The Morgan fingerprint density at radius 3 is 2.09 bits per heavy atom. The molecule has 0 bridgehead atoms. The predicted molar refractivity (Wildman–Crippen MR) is 99.2 cm³/mol. The van der Waals surface area contributed by atoms with E-state index >= 15 is 0 Å². The number of unbranched alkanes of at least 4 members (excludes halogenated alkanes) is 5. The van der Waals surface area contributed by atoms with E-state index in [0.717, 1.165) is 13.0 Å². The highest BCUT2D eigenvalue weighted by Gasteiger charge is 2.04. The van der Waals surface area contributed by atoms with Crippen molar-refractivity contribution < 1.29 is 9.59 Å². The van der Waals surface area contributed by atoms with Crippen LogP contribution in [0.5, 0.6) is 0 Å². The second kappa shape index (κ2) is 17.0. The van der Waals surface area contributed by atoms with Gasteiger partial charge >= 0.3 is 0 Å². The van der Waals surface area contributed by atoms with Crippen molar-refractivity contribution in [3.63, 3.8) is 0 Å². The van der Waals surface area contributed by atoms with Gasteiger partial charge in [-0.25, -0.2) is 0 Å². The van der Waals surface area contributed by atoms with Gasteiger partial charge in [-0.05, 0) is 19.3 Å². The largest absolute Gasteiger partial charge is 0.359 e. The molecule has 0 heterocycles. The molecular weight excluding hydrogens is 316 g/mol. The zero-order chi connectivity index (χ0) is 16.5. The number of rotatable bonds is 15. The van der Waals surface area contributed by atoms with E-state index in [1.807, 2.05) is 21.6 Å². The monoisotopic (exact) mass is 348 g/mol. The molecule has 0 saturated heterocycles. The lowest BCUT2D eigenvalue weighted by Gasteiger charge is -2.05. The zero-order valence-electron chi connectivity index (χ0n) is 14.1. The van der Waals surface area contributed by atoms with Gasteiger partial charge in [-0.3, -0.25) is 9.59 Å². The molecule has 0 aromatic heterocycles. The fraction of sp³-hybridized carbons (Fsp3) is 0.875. The van der Waals surface area contributed by atoms with Gasteiger partial charge in [-0.1, -0.05) is 54.2 Å². The van der Waals surface area contributed by atoms with Gasteiger partial charge in [-0.2, -0.15) is 0 Å². The van der Waals surface area contributed by atoms with Gasteiger partial charge in [0.25, 0.3) is 0 Å². The molecule has 2 N–H and O–H groups in total. The van der Waals surface area contributed by atoms with Crippen LogP contribution in [0, 0.1) is 0 Å². The first-order chi connectivity index (χ1) is 10.7. The first-order valence-corrected chi connectivity index (χ1v) is 10.9. The molecule has 0 aliphatic carbocycles. The van der Waals surface area contributed by atoms with Gasteiger partial charge in [0.2, 0.25) is 11.8 Å². The van der Waals surface area contributed by atoms with Gasteiger partial charge < -0.3 is 10.6 Å². The fourth-order valence-corrected chi connectivity index (χ4v) is 4.18. The van der Waals surface area contributed by atoms with Crippen molar-refractivity contribution in [1.29, 1.82) is 0 Å². The summed E-state index contributed by atoms with van der Waals surface area (Å²) in [6, 6.07) is 0. The van der Waals surface area contributed by atoms with E-state index in [0.29, 0.717) is 0 Å². The topological polar surface area (TPSA) is 58.2 Å². The minimum absolute atomic E-state index is 0.0240. The van der Waals surface area contributed by atoms with Crippen molar-refractivity contribution in [3.05, 3.63) is 0 Å². The molecule has 2 amide bonds. The normalized spacial score (nSPS) is 10.5. The van der Waals surface area contributed by atoms with E-state index in [1.54, 1.807) is 7.05 Å². The van der Waals surface area contributed by atoms with Gasteiger partial charge in [0.15, 0.2) is 0 Å². The number of carbonyl (C=O) groups excluding carboxylic acids is 2. The van der Waals surface area contributed by atoms with Crippen LogP contribution in [0.1, 0.15) is 64.7 Å². The third kappa shape index (κ3) is 16.0. The van der Waals surface area contributed by atoms with Gasteiger partial charge in [0.05, 0.1) is 0 Å². The molecule has 0 unspecified atom stereocenters. The Kier molecular flexibility index (Phi) is 16.7. The molecule has 0 saturated carbocycles. The van der Waals surface area contributed by atoms with Crippen molar-refractivity contribution in [2.75, 3.05) is 25.1 Å². The lowest BCUT2D eigenvalue weighted by Crippen LogP contribution is -2.26. The van der Waals surface area contributed by atoms with Crippen molar-refractivity contribution in [1.82, 2.24) is 10.6 Å². The Bertz CT molecular complexity index is 289. The summed E-state index contributed by atoms with van der Waals surface area (Å²) in [6.07, 6.45) is 9.20. The predicted octanol–water partition coefficient (Wildman–Crippen LogP) is 3.76. The van der Waals surface area contributed by atoms with Crippen molar-refractivity contribution in [2.45, 2.75) is 64.7 Å². The molecule has 0 atom stereocenters. The Morgan fingerprint density at radius 2 is 1.41 bits per heavy atom. The molecule has 0 aromatic rings. The summed E-state index contributed by atoms with van der Waals surface area (Å²) in [5, 5.41) is 5.38. The first kappa shape index (κ1) is 21.6. The fourth-order valence-electron chi connectivity index (χ4n) is 1.81. The van der Waals surface area contributed by atoms with Crippen LogP contribution in [0.3, 0.4) is 0 Å². The SMILES string of the molecule is CCCCSSCCCCCCCNC(=O)CCC(=O)NC. The second-order valence-corrected chi connectivity index (χ2v) is 7.99. The molecule has 4 nitrogen and oxygen atoms in total. The average Bonchev–Trinajstić information content (AvgIpc) is 2.53. The Labute approximate surface area is 143 Å². The highest BCUT2D eigenvalue weighted by Crippen LogP contribution is 2.24. The lowest BCUT2D eigenvalue weighted by atomic mass is 10.1. The van der Waals surface area contributed by atoms with Crippen LogP contribution >= 0.6 is 21.6 Å². The van der Waals surface area contributed by atoms with Crippen LogP contribution in [0.25, 0.3) is 0 Å². The number of amides is 2. The number of carbonyl (C=O) groups is 2. The van der Waals surface area contributed by atoms with Crippen LogP contribution in [0.15, 0.2) is 0 Å². The van der Waals surface area contributed by atoms with Crippen molar-refractivity contribution in [3.8, 4) is 0 Å². The van der Waals surface area contributed by atoms with E-state index in [1.165, 1.54) is 50.0 Å². The molecule has 0 radical (unpaired) electrons. The highest BCUT2D eigenvalue weighted by molar-refractivity contribution is 8.76. The molecule has 0 aliphatic rings.